The molecule has 1 aliphatic rings. The zero-order valence-electron chi connectivity index (χ0n) is 13.3. The second-order valence-corrected chi connectivity index (χ2v) is 8.98. The first-order valence-corrected chi connectivity index (χ1v) is 9.82. The summed E-state index contributed by atoms with van der Waals surface area (Å²) in [6.45, 7) is 0.0260. The van der Waals surface area contributed by atoms with E-state index >= 15 is 0 Å². The molecule has 1 saturated carbocycles. The van der Waals surface area contributed by atoms with Crippen LogP contribution in [0.2, 0.25) is 10.0 Å². The normalized spacial score (nSPS) is 25.4. The highest BCUT2D eigenvalue weighted by atomic mass is 35.5. The van der Waals surface area contributed by atoms with Gasteiger partial charge in [0, 0.05) is 23.1 Å². The lowest BCUT2D eigenvalue weighted by atomic mass is 10.0. The third-order valence-corrected chi connectivity index (χ3v) is 7.31. The Hall–Kier alpha value is -1.58. The first-order valence-electron chi connectivity index (χ1n) is 7.52. The van der Waals surface area contributed by atoms with Crippen LogP contribution >= 0.6 is 23.2 Å². The van der Waals surface area contributed by atoms with Crippen LogP contribution in [0.1, 0.15) is 11.5 Å². The largest absolute Gasteiger partial charge is 0.383 e. The maximum Gasteiger partial charge on any atom is 0.183 e. The molecule has 130 valence electrons. The summed E-state index contributed by atoms with van der Waals surface area (Å²) in [5, 5.41) is 9.81. The van der Waals surface area contributed by atoms with Crippen molar-refractivity contribution in [1.29, 1.82) is 5.26 Å². The van der Waals surface area contributed by atoms with Crippen LogP contribution in [0.5, 0.6) is 0 Å². The van der Waals surface area contributed by atoms with Gasteiger partial charge in [-0.3, -0.25) is 0 Å². The molecule has 1 fully saturated rings. The Bertz CT molecular complexity index is 938. The van der Waals surface area contributed by atoms with E-state index in [2.05, 4.69) is 6.07 Å². The van der Waals surface area contributed by atoms with Crippen molar-refractivity contribution in [3.63, 3.8) is 0 Å². The monoisotopic (exact) mass is 395 g/mol. The lowest BCUT2D eigenvalue weighted by Gasteiger charge is -2.08. The minimum atomic E-state index is -3.74. The molecule has 7 heteroatoms. The zero-order valence-corrected chi connectivity index (χ0v) is 15.6. The fourth-order valence-electron chi connectivity index (χ4n) is 3.38. The molecule has 3 rings (SSSR count). The molecule has 1 aliphatic carbocycles. The van der Waals surface area contributed by atoms with E-state index in [9.17, 15) is 13.7 Å². The summed E-state index contributed by atoms with van der Waals surface area (Å²) in [6, 6.07) is 15.1. The number of benzene rings is 2. The molecule has 2 aromatic rings. The fraction of sp³-hybridized carbons (Fsp3) is 0.278. The van der Waals surface area contributed by atoms with Crippen LogP contribution in [0, 0.1) is 16.7 Å². The highest BCUT2D eigenvalue weighted by molar-refractivity contribution is 7.92. The minimum Gasteiger partial charge on any atom is -0.383 e. The number of methoxy groups -OCH3 is 1. The van der Waals surface area contributed by atoms with E-state index in [4.69, 9.17) is 27.9 Å². The lowest BCUT2D eigenvalue weighted by molar-refractivity contribution is 0.162. The maximum atomic E-state index is 13.1. The number of ether oxygens (including phenoxy) is 1. The first-order chi connectivity index (χ1) is 11.9. The number of sulfone groups is 1. The molecular formula is C18H15Cl2NO3S. The predicted molar refractivity (Wildman–Crippen MR) is 96.5 cm³/mol. The summed E-state index contributed by atoms with van der Waals surface area (Å²) in [4.78, 5) is 0.141. The summed E-state index contributed by atoms with van der Waals surface area (Å²) < 4.78 is 31.5. The number of nitriles is 1. The van der Waals surface area contributed by atoms with E-state index in [1.165, 1.54) is 31.4 Å². The van der Waals surface area contributed by atoms with Gasteiger partial charge in [-0.2, -0.15) is 5.26 Å². The van der Waals surface area contributed by atoms with Gasteiger partial charge in [-0.05, 0) is 42.0 Å². The average molecular weight is 396 g/mol. The highest BCUT2D eigenvalue weighted by Gasteiger charge is 2.72. The smallest absolute Gasteiger partial charge is 0.183 e. The molecule has 0 N–H and O–H groups in total. The summed E-state index contributed by atoms with van der Waals surface area (Å²) in [5.74, 6) is -0.503. The van der Waals surface area contributed by atoms with Crippen LogP contribution in [0.25, 0.3) is 0 Å². The van der Waals surface area contributed by atoms with E-state index < -0.39 is 26.4 Å². The molecule has 0 radical (unpaired) electrons. The number of nitrogens with zero attached hydrogens (tertiary/aromatic N) is 1. The van der Waals surface area contributed by atoms with Gasteiger partial charge < -0.3 is 4.74 Å². The van der Waals surface area contributed by atoms with Crippen molar-refractivity contribution in [2.45, 2.75) is 16.1 Å². The zero-order chi connectivity index (χ0) is 18.2. The molecule has 25 heavy (non-hydrogen) atoms. The van der Waals surface area contributed by atoms with Crippen LogP contribution in [-0.4, -0.2) is 27.4 Å². The first kappa shape index (κ1) is 18.2. The molecule has 3 atom stereocenters. The molecule has 0 amide bonds. The van der Waals surface area contributed by atoms with E-state index in [1.54, 1.807) is 24.3 Å². The van der Waals surface area contributed by atoms with Crippen molar-refractivity contribution in [2.24, 2.45) is 5.41 Å². The Kier molecular flexibility index (Phi) is 4.82. The van der Waals surface area contributed by atoms with Gasteiger partial charge in [-0.15, -0.1) is 0 Å². The standard InChI is InChI=1S/C18H15Cl2NO3S/c1-24-11-18(10-21)16(12-3-2-4-14(20)9-12)17(18)25(22,23)15-7-5-13(19)6-8-15/h2-9,16-17H,11H2,1H3. The number of rotatable bonds is 5. The van der Waals surface area contributed by atoms with Crippen molar-refractivity contribution in [2.75, 3.05) is 13.7 Å². The Morgan fingerprint density at radius 1 is 1.16 bits per heavy atom. The lowest BCUT2D eigenvalue weighted by Crippen LogP contribution is -2.19. The van der Waals surface area contributed by atoms with Crippen LogP contribution < -0.4 is 0 Å². The summed E-state index contributed by atoms with van der Waals surface area (Å²) >= 11 is 11.9. The fourth-order valence-corrected chi connectivity index (χ4v) is 6.01. The quantitative estimate of drug-likeness (QED) is 0.764. The number of hydrogen-bond acceptors (Lipinski definition) is 4. The third-order valence-electron chi connectivity index (χ3n) is 4.53. The van der Waals surface area contributed by atoms with Crippen LogP contribution in [-0.2, 0) is 14.6 Å². The SMILES string of the molecule is COCC1(C#N)C(c2cccc(Cl)c2)C1S(=O)(=O)c1ccc(Cl)cc1. The van der Waals surface area contributed by atoms with Crippen molar-refractivity contribution in [3.8, 4) is 6.07 Å². The Morgan fingerprint density at radius 3 is 2.40 bits per heavy atom. The second kappa shape index (κ2) is 6.62. The van der Waals surface area contributed by atoms with E-state index in [1.807, 2.05) is 0 Å². The average Bonchev–Trinajstić information content (AvgIpc) is 3.26. The molecule has 2 aromatic carbocycles. The third kappa shape index (κ3) is 3.04. The molecule has 0 saturated heterocycles. The van der Waals surface area contributed by atoms with Gasteiger partial charge in [0.2, 0.25) is 0 Å². The minimum absolute atomic E-state index is 0.0260. The summed E-state index contributed by atoms with van der Waals surface area (Å²) in [7, 11) is -2.28. The van der Waals surface area contributed by atoms with Crippen molar-refractivity contribution in [1.82, 2.24) is 0 Å². The van der Waals surface area contributed by atoms with Crippen molar-refractivity contribution < 1.29 is 13.2 Å². The summed E-state index contributed by atoms with van der Waals surface area (Å²) in [5.41, 5.74) is -0.425. The van der Waals surface area contributed by atoms with Gasteiger partial charge in [0.25, 0.3) is 0 Å². The van der Waals surface area contributed by atoms with Crippen molar-refractivity contribution >= 4 is 33.0 Å². The van der Waals surface area contributed by atoms with Crippen LogP contribution in [0.15, 0.2) is 53.4 Å². The van der Waals surface area contributed by atoms with Gasteiger partial charge in [-0.25, -0.2) is 8.42 Å². The molecule has 0 spiro atoms. The molecule has 3 unspecified atom stereocenters. The molecular weight excluding hydrogens is 381 g/mol. The molecule has 0 heterocycles. The van der Waals surface area contributed by atoms with E-state index in [0.717, 1.165) is 0 Å². The van der Waals surface area contributed by atoms with Gasteiger partial charge in [0.1, 0.15) is 5.41 Å². The van der Waals surface area contributed by atoms with Gasteiger partial charge in [0.15, 0.2) is 9.84 Å². The topological polar surface area (TPSA) is 67.2 Å². The van der Waals surface area contributed by atoms with Crippen LogP contribution in [0.3, 0.4) is 0 Å². The Labute approximate surface area is 156 Å². The maximum absolute atomic E-state index is 13.1. The van der Waals surface area contributed by atoms with Gasteiger partial charge >= 0.3 is 0 Å². The van der Waals surface area contributed by atoms with E-state index in [-0.39, 0.29) is 11.5 Å². The van der Waals surface area contributed by atoms with Gasteiger partial charge in [-0.1, -0.05) is 35.3 Å². The Balaban J connectivity index is 2.09. The molecule has 0 bridgehead atoms. The number of hydrogen-bond donors (Lipinski definition) is 0. The summed E-state index contributed by atoms with van der Waals surface area (Å²) in [6.07, 6.45) is 0. The number of halogens is 2. The molecule has 4 nitrogen and oxygen atoms in total. The van der Waals surface area contributed by atoms with Crippen LogP contribution in [0.4, 0.5) is 0 Å². The highest BCUT2D eigenvalue weighted by Crippen LogP contribution is 2.64. The van der Waals surface area contributed by atoms with Gasteiger partial charge in [0.05, 0.1) is 22.8 Å². The van der Waals surface area contributed by atoms with E-state index in [0.29, 0.717) is 15.6 Å². The van der Waals surface area contributed by atoms with Crippen molar-refractivity contribution in [3.05, 3.63) is 64.1 Å². The molecule has 0 aliphatic heterocycles. The second-order valence-electron chi connectivity index (χ2n) is 6.04. The predicted octanol–water partition coefficient (Wildman–Crippen LogP) is 4.09. The Morgan fingerprint density at radius 2 is 1.84 bits per heavy atom. The molecule has 0 aromatic heterocycles.